The quantitative estimate of drug-likeness (QED) is 0.798. The first-order chi connectivity index (χ1) is 11.3. The van der Waals surface area contributed by atoms with Gasteiger partial charge >= 0.3 is 0 Å². The second-order valence-corrected chi connectivity index (χ2v) is 5.71. The molecule has 0 saturated carbocycles. The average molecular weight is 307 g/mol. The van der Waals surface area contributed by atoms with Crippen molar-refractivity contribution in [1.29, 1.82) is 0 Å². The van der Waals surface area contributed by atoms with Gasteiger partial charge in [-0.1, -0.05) is 18.2 Å². The summed E-state index contributed by atoms with van der Waals surface area (Å²) in [6.07, 6.45) is 5.37. The number of rotatable bonds is 4. The summed E-state index contributed by atoms with van der Waals surface area (Å²) in [4.78, 5) is 22.5. The van der Waals surface area contributed by atoms with Crippen LogP contribution in [-0.4, -0.2) is 44.5 Å². The molecule has 1 saturated heterocycles. The third-order valence-electron chi connectivity index (χ3n) is 4.12. The minimum atomic E-state index is 0.137. The summed E-state index contributed by atoms with van der Waals surface area (Å²) in [6, 6.07) is 12.1. The fourth-order valence-electron chi connectivity index (χ4n) is 2.85. The first-order valence-electron chi connectivity index (χ1n) is 7.65. The lowest BCUT2D eigenvalue weighted by Crippen LogP contribution is -2.57. The standard InChI is InChI=1S/C17H17N5O/c23-16(12-21-9-6-13-4-1-2-5-15(13)21)22-10-14(11-22)20-17-18-7-3-8-19-17/h1-9,14H,10-12H2,(H,18,19,20). The van der Waals surface area contributed by atoms with Gasteiger partial charge in [-0.05, 0) is 23.6 Å². The molecular formula is C17H17N5O. The van der Waals surface area contributed by atoms with Crippen LogP contribution in [0.15, 0.2) is 55.0 Å². The minimum absolute atomic E-state index is 0.137. The number of nitrogens with one attached hydrogen (secondary N) is 1. The van der Waals surface area contributed by atoms with Crippen molar-refractivity contribution in [3.63, 3.8) is 0 Å². The molecular weight excluding hydrogens is 290 g/mol. The van der Waals surface area contributed by atoms with E-state index in [-0.39, 0.29) is 11.9 Å². The molecule has 1 amide bonds. The number of carbonyl (C=O) groups excluding carboxylic acids is 1. The molecule has 0 radical (unpaired) electrons. The fraction of sp³-hybridized carbons (Fsp3) is 0.235. The van der Waals surface area contributed by atoms with Gasteiger partial charge in [-0.2, -0.15) is 0 Å². The maximum atomic E-state index is 12.4. The minimum Gasteiger partial charge on any atom is -0.348 e. The highest BCUT2D eigenvalue weighted by atomic mass is 16.2. The van der Waals surface area contributed by atoms with Crippen LogP contribution in [0.3, 0.4) is 0 Å². The van der Waals surface area contributed by atoms with Gasteiger partial charge in [0.25, 0.3) is 0 Å². The highest BCUT2D eigenvalue weighted by Gasteiger charge is 2.30. The SMILES string of the molecule is O=C(Cn1ccc2ccccc21)N1CC(Nc2ncccn2)C1. The Hall–Kier alpha value is -2.89. The number of carbonyl (C=O) groups is 1. The van der Waals surface area contributed by atoms with Gasteiger partial charge in [0.15, 0.2) is 0 Å². The van der Waals surface area contributed by atoms with Gasteiger partial charge in [-0.25, -0.2) is 9.97 Å². The zero-order valence-corrected chi connectivity index (χ0v) is 12.6. The zero-order valence-electron chi connectivity index (χ0n) is 12.6. The van der Waals surface area contributed by atoms with E-state index in [1.807, 2.05) is 39.9 Å². The van der Waals surface area contributed by atoms with Gasteiger partial charge in [0, 0.05) is 37.2 Å². The summed E-state index contributed by atoms with van der Waals surface area (Å²) >= 11 is 0. The lowest BCUT2D eigenvalue weighted by Gasteiger charge is -2.39. The maximum absolute atomic E-state index is 12.4. The predicted molar refractivity (Wildman–Crippen MR) is 88.0 cm³/mol. The number of amides is 1. The smallest absolute Gasteiger partial charge is 0.242 e. The monoisotopic (exact) mass is 307 g/mol. The largest absolute Gasteiger partial charge is 0.348 e. The molecule has 0 unspecified atom stereocenters. The summed E-state index contributed by atoms with van der Waals surface area (Å²) in [7, 11) is 0. The number of hydrogen-bond acceptors (Lipinski definition) is 4. The van der Waals surface area contributed by atoms with Gasteiger partial charge in [-0.15, -0.1) is 0 Å². The van der Waals surface area contributed by atoms with Crippen LogP contribution in [-0.2, 0) is 11.3 Å². The van der Waals surface area contributed by atoms with Crippen molar-refractivity contribution < 1.29 is 4.79 Å². The Bertz CT molecular complexity index is 823. The van der Waals surface area contributed by atoms with Crippen molar-refractivity contribution in [2.75, 3.05) is 18.4 Å². The van der Waals surface area contributed by atoms with Crippen molar-refractivity contribution in [3.8, 4) is 0 Å². The second-order valence-electron chi connectivity index (χ2n) is 5.71. The van der Waals surface area contributed by atoms with E-state index in [9.17, 15) is 4.79 Å². The van der Waals surface area contributed by atoms with E-state index in [1.165, 1.54) is 0 Å². The summed E-state index contributed by atoms with van der Waals surface area (Å²) in [5.74, 6) is 0.749. The molecule has 3 heterocycles. The Kier molecular flexibility index (Phi) is 3.42. The van der Waals surface area contributed by atoms with Crippen LogP contribution in [0.1, 0.15) is 0 Å². The van der Waals surface area contributed by atoms with Crippen molar-refractivity contribution >= 4 is 22.8 Å². The maximum Gasteiger partial charge on any atom is 0.242 e. The van der Waals surface area contributed by atoms with Gasteiger partial charge in [0.1, 0.15) is 6.54 Å². The van der Waals surface area contributed by atoms with Gasteiger partial charge in [-0.3, -0.25) is 4.79 Å². The van der Waals surface area contributed by atoms with Crippen LogP contribution in [0.5, 0.6) is 0 Å². The van der Waals surface area contributed by atoms with E-state index in [4.69, 9.17) is 0 Å². The van der Waals surface area contributed by atoms with Crippen LogP contribution in [0, 0.1) is 0 Å². The Labute approximate surface area is 133 Å². The highest BCUT2D eigenvalue weighted by Crippen LogP contribution is 2.17. The molecule has 116 valence electrons. The molecule has 23 heavy (non-hydrogen) atoms. The van der Waals surface area contributed by atoms with Crippen molar-refractivity contribution in [2.45, 2.75) is 12.6 Å². The lowest BCUT2D eigenvalue weighted by molar-refractivity contribution is -0.135. The van der Waals surface area contributed by atoms with E-state index in [0.717, 1.165) is 10.9 Å². The number of anilines is 1. The van der Waals surface area contributed by atoms with Crippen molar-refractivity contribution in [3.05, 3.63) is 55.0 Å². The molecule has 6 heteroatoms. The fourth-order valence-corrected chi connectivity index (χ4v) is 2.85. The van der Waals surface area contributed by atoms with Gasteiger partial charge in [0.2, 0.25) is 11.9 Å². The number of fused-ring (bicyclic) bond motifs is 1. The second kappa shape index (κ2) is 5.72. The van der Waals surface area contributed by atoms with E-state index in [0.29, 0.717) is 25.6 Å². The highest BCUT2D eigenvalue weighted by molar-refractivity contribution is 5.83. The molecule has 0 aliphatic carbocycles. The number of para-hydroxylation sites is 1. The number of nitrogens with zero attached hydrogens (tertiary/aromatic N) is 4. The normalized spacial score (nSPS) is 14.7. The van der Waals surface area contributed by atoms with E-state index >= 15 is 0 Å². The Morgan fingerprint density at radius 3 is 2.74 bits per heavy atom. The van der Waals surface area contributed by atoms with Crippen LogP contribution in [0.2, 0.25) is 0 Å². The van der Waals surface area contributed by atoms with E-state index in [1.54, 1.807) is 18.5 Å². The predicted octanol–water partition coefficient (Wildman–Crippen LogP) is 1.75. The summed E-state index contributed by atoms with van der Waals surface area (Å²) in [5, 5.41) is 4.39. The Morgan fingerprint density at radius 2 is 1.91 bits per heavy atom. The Morgan fingerprint density at radius 1 is 1.13 bits per heavy atom. The molecule has 1 aromatic carbocycles. The first kappa shape index (κ1) is 13.8. The third kappa shape index (κ3) is 2.75. The molecule has 1 aliphatic rings. The molecule has 4 rings (SSSR count). The van der Waals surface area contributed by atoms with Crippen LogP contribution < -0.4 is 5.32 Å². The molecule has 0 bridgehead atoms. The van der Waals surface area contributed by atoms with Crippen LogP contribution in [0.25, 0.3) is 10.9 Å². The first-order valence-corrected chi connectivity index (χ1v) is 7.65. The molecule has 3 aromatic rings. The number of benzene rings is 1. The van der Waals surface area contributed by atoms with Gasteiger partial charge in [0.05, 0.1) is 6.04 Å². The zero-order chi connectivity index (χ0) is 15.6. The van der Waals surface area contributed by atoms with Crippen molar-refractivity contribution in [2.24, 2.45) is 0 Å². The molecule has 2 aromatic heterocycles. The molecule has 0 atom stereocenters. The number of likely N-dealkylation sites (tertiary alicyclic amines) is 1. The number of aromatic nitrogens is 3. The third-order valence-corrected chi connectivity index (χ3v) is 4.12. The van der Waals surface area contributed by atoms with Crippen LogP contribution >= 0.6 is 0 Å². The lowest BCUT2D eigenvalue weighted by atomic mass is 10.1. The Balaban J connectivity index is 1.35. The molecule has 1 aliphatic heterocycles. The topological polar surface area (TPSA) is 63.1 Å². The number of hydrogen-bond donors (Lipinski definition) is 1. The van der Waals surface area contributed by atoms with E-state index < -0.39 is 0 Å². The van der Waals surface area contributed by atoms with Crippen LogP contribution in [0.4, 0.5) is 5.95 Å². The van der Waals surface area contributed by atoms with Gasteiger partial charge < -0.3 is 14.8 Å². The van der Waals surface area contributed by atoms with Crippen molar-refractivity contribution in [1.82, 2.24) is 19.4 Å². The molecule has 0 spiro atoms. The molecule has 1 N–H and O–H groups in total. The molecule has 1 fully saturated rings. The average Bonchev–Trinajstić information content (AvgIpc) is 2.94. The summed E-state index contributed by atoms with van der Waals surface area (Å²) in [6.45, 7) is 1.76. The van der Waals surface area contributed by atoms with E-state index in [2.05, 4.69) is 21.4 Å². The summed E-state index contributed by atoms with van der Waals surface area (Å²) < 4.78 is 2.00. The molecule has 6 nitrogen and oxygen atoms in total. The summed E-state index contributed by atoms with van der Waals surface area (Å²) in [5.41, 5.74) is 1.09.